The number of nitrogens with one attached hydrogen (secondary N) is 1. The van der Waals surface area contributed by atoms with Crippen molar-refractivity contribution in [2.75, 3.05) is 32.8 Å². The number of rotatable bonds is 8. The normalized spacial score (nSPS) is 20.1. The molecule has 5 nitrogen and oxygen atoms in total. The average molecular weight is 429 g/mol. The Hall–Kier alpha value is -1.73. The number of benzene rings is 2. The molecule has 0 saturated carbocycles. The molecule has 4 rings (SSSR count). The summed E-state index contributed by atoms with van der Waals surface area (Å²) < 4.78 is 34.0. The van der Waals surface area contributed by atoms with E-state index in [1.165, 1.54) is 23.1 Å². The molecule has 2 aromatic carbocycles. The van der Waals surface area contributed by atoms with E-state index in [0.717, 1.165) is 58.3 Å². The van der Waals surface area contributed by atoms with Gasteiger partial charge in [-0.2, -0.15) is 0 Å². The molecule has 0 aromatic heterocycles. The summed E-state index contributed by atoms with van der Waals surface area (Å²) in [7, 11) is -3.43. The topological polar surface area (TPSA) is 58.6 Å². The van der Waals surface area contributed by atoms with Crippen LogP contribution >= 0.6 is 0 Å². The summed E-state index contributed by atoms with van der Waals surface area (Å²) in [6.45, 7) is 4.01. The van der Waals surface area contributed by atoms with Crippen molar-refractivity contribution in [3.63, 3.8) is 0 Å². The van der Waals surface area contributed by atoms with Crippen LogP contribution in [0.25, 0.3) is 0 Å². The molecule has 30 heavy (non-hydrogen) atoms. The Bertz CT molecular complexity index is 931. The van der Waals surface area contributed by atoms with E-state index >= 15 is 0 Å². The number of nitrogens with zero attached hydrogens (tertiary/aromatic N) is 1. The molecule has 0 unspecified atom stereocenters. The molecule has 0 spiro atoms. The van der Waals surface area contributed by atoms with Crippen LogP contribution in [0, 0.1) is 0 Å². The molecule has 1 aliphatic carbocycles. The van der Waals surface area contributed by atoms with E-state index in [2.05, 4.69) is 21.8 Å². The quantitative estimate of drug-likeness (QED) is 0.652. The summed E-state index contributed by atoms with van der Waals surface area (Å²) in [5.74, 6) is 0. The third-order valence-electron chi connectivity index (χ3n) is 6.15. The largest absolute Gasteiger partial charge is 0.371 e. The van der Waals surface area contributed by atoms with Crippen LogP contribution in [0.1, 0.15) is 48.5 Å². The first-order chi connectivity index (χ1) is 14.6. The first-order valence-corrected chi connectivity index (χ1v) is 12.6. The number of fused-ring (bicyclic) bond motifs is 1. The fourth-order valence-electron chi connectivity index (χ4n) is 4.40. The Labute approximate surface area is 180 Å². The molecule has 1 saturated heterocycles. The molecule has 2 aromatic rings. The second-order valence-corrected chi connectivity index (χ2v) is 10.1. The van der Waals surface area contributed by atoms with Crippen molar-refractivity contribution < 1.29 is 13.2 Å². The Morgan fingerprint density at radius 3 is 2.63 bits per heavy atom. The van der Waals surface area contributed by atoms with E-state index in [4.69, 9.17) is 4.74 Å². The molecule has 2 aliphatic rings. The van der Waals surface area contributed by atoms with E-state index < -0.39 is 10.0 Å². The minimum Gasteiger partial charge on any atom is -0.371 e. The summed E-state index contributed by atoms with van der Waals surface area (Å²) in [6, 6.07) is 16.0. The molecular formula is C24H32N2O3S. The second-order valence-electron chi connectivity index (χ2n) is 8.31. The third kappa shape index (κ3) is 5.49. The van der Waals surface area contributed by atoms with Gasteiger partial charge >= 0.3 is 0 Å². The molecular weight excluding hydrogens is 396 g/mol. The lowest BCUT2D eigenvalue weighted by Crippen LogP contribution is -2.39. The zero-order valence-corrected chi connectivity index (χ0v) is 18.4. The molecule has 1 fully saturated rings. The summed E-state index contributed by atoms with van der Waals surface area (Å²) in [6.07, 6.45) is 6.33. The van der Waals surface area contributed by atoms with Gasteiger partial charge in [-0.25, -0.2) is 13.1 Å². The number of unbranched alkanes of at least 4 members (excludes halogenated alkanes) is 1. The molecule has 1 heterocycles. The van der Waals surface area contributed by atoms with E-state index in [1.807, 2.05) is 30.3 Å². The first kappa shape index (κ1) is 21.5. The predicted molar refractivity (Wildman–Crippen MR) is 119 cm³/mol. The number of aryl methyl sites for hydroxylation is 2. The van der Waals surface area contributed by atoms with Crippen molar-refractivity contribution >= 4 is 10.0 Å². The van der Waals surface area contributed by atoms with E-state index in [1.54, 1.807) is 6.07 Å². The van der Waals surface area contributed by atoms with Gasteiger partial charge in [-0.05, 0) is 73.9 Å². The van der Waals surface area contributed by atoms with Crippen molar-refractivity contribution in [2.45, 2.75) is 49.5 Å². The van der Waals surface area contributed by atoms with Gasteiger partial charge in [-0.15, -0.1) is 0 Å². The Balaban J connectivity index is 1.21. The monoisotopic (exact) mass is 428 g/mol. The molecule has 6 heteroatoms. The summed E-state index contributed by atoms with van der Waals surface area (Å²) in [4.78, 5) is 2.82. The predicted octanol–water partition coefficient (Wildman–Crippen LogP) is 3.70. The third-order valence-corrected chi connectivity index (χ3v) is 7.60. The maximum atomic E-state index is 12.6. The van der Waals surface area contributed by atoms with Gasteiger partial charge in [0.05, 0.1) is 17.6 Å². The van der Waals surface area contributed by atoms with Crippen LogP contribution in [0.2, 0.25) is 0 Å². The zero-order chi connectivity index (χ0) is 20.8. The maximum absolute atomic E-state index is 12.6. The van der Waals surface area contributed by atoms with Gasteiger partial charge in [0.25, 0.3) is 0 Å². The summed E-state index contributed by atoms with van der Waals surface area (Å²) >= 11 is 0. The number of hydrogen-bond donors (Lipinski definition) is 1. The molecule has 162 valence electrons. The first-order valence-electron chi connectivity index (χ1n) is 11.1. The lowest BCUT2D eigenvalue weighted by atomic mass is 9.92. The smallest absolute Gasteiger partial charge is 0.240 e. The van der Waals surface area contributed by atoms with Gasteiger partial charge in [-0.3, -0.25) is 4.90 Å². The van der Waals surface area contributed by atoms with Crippen LogP contribution < -0.4 is 4.72 Å². The van der Waals surface area contributed by atoms with Crippen molar-refractivity contribution in [2.24, 2.45) is 0 Å². The van der Waals surface area contributed by atoms with Crippen LogP contribution in [0.15, 0.2) is 53.4 Å². The van der Waals surface area contributed by atoms with Crippen LogP contribution in [-0.2, 0) is 27.6 Å². The van der Waals surface area contributed by atoms with Crippen LogP contribution in [0.5, 0.6) is 0 Å². The van der Waals surface area contributed by atoms with Crippen LogP contribution in [0.4, 0.5) is 0 Å². The Morgan fingerprint density at radius 2 is 1.80 bits per heavy atom. The van der Waals surface area contributed by atoms with E-state index in [0.29, 0.717) is 11.4 Å². The molecule has 1 N–H and O–H groups in total. The van der Waals surface area contributed by atoms with Gasteiger partial charge in [0.1, 0.15) is 0 Å². The van der Waals surface area contributed by atoms with Gasteiger partial charge < -0.3 is 4.74 Å². The SMILES string of the molecule is O=S(=O)(NCCCCN1CCO[C@H](c2ccccc2)C1)c1ccc2c(c1)CCCC2. The van der Waals surface area contributed by atoms with Crippen molar-refractivity contribution in [1.29, 1.82) is 0 Å². The van der Waals surface area contributed by atoms with E-state index in [-0.39, 0.29) is 6.10 Å². The number of sulfonamides is 1. The number of ether oxygens (including phenoxy) is 1. The fraction of sp³-hybridized carbons (Fsp3) is 0.500. The Morgan fingerprint density at radius 1 is 1.00 bits per heavy atom. The van der Waals surface area contributed by atoms with Gasteiger partial charge in [0.15, 0.2) is 0 Å². The average Bonchev–Trinajstić information content (AvgIpc) is 2.79. The van der Waals surface area contributed by atoms with Crippen molar-refractivity contribution in [1.82, 2.24) is 9.62 Å². The summed E-state index contributed by atoms with van der Waals surface area (Å²) in [5.41, 5.74) is 3.73. The molecule has 0 bridgehead atoms. The van der Waals surface area contributed by atoms with E-state index in [9.17, 15) is 8.42 Å². The molecule has 0 amide bonds. The number of hydrogen-bond acceptors (Lipinski definition) is 4. The minimum absolute atomic E-state index is 0.127. The van der Waals surface area contributed by atoms with Gasteiger partial charge in [-0.1, -0.05) is 36.4 Å². The van der Waals surface area contributed by atoms with Gasteiger partial charge in [0, 0.05) is 19.6 Å². The lowest BCUT2D eigenvalue weighted by Gasteiger charge is -2.33. The standard InChI is InChI=1S/C24H32N2O3S/c27-30(28,23-13-12-20-8-4-5-11-22(20)18-23)25-14-6-7-15-26-16-17-29-24(19-26)21-9-2-1-3-10-21/h1-3,9-10,12-13,18,24-25H,4-8,11,14-17,19H2/t24-/m0/s1. The molecule has 0 radical (unpaired) electrons. The van der Waals surface area contributed by atoms with Gasteiger partial charge in [0.2, 0.25) is 10.0 Å². The molecule has 1 aliphatic heterocycles. The zero-order valence-electron chi connectivity index (χ0n) is 17.6. The lowest BCUT2D eigenvalue weighted by molar-refractivity contribution is -0.0303. The van der Waals surface area contributed by atoms with Crippen molar-refractivity contribution in [3.8, 4) is 0 Å². The highest BCUT2D eigenvalue weighted by Gasteiger charge is 2.21. The highest BCUT2D eigenvalue weighted by Crippen LogP contribution is 2.24. The maximum Gasteiger partial charge on any atom is 0.240 e. The fourth-order valence-corrected chi connectivity index (χ4v) is 5.53. The highest BCUT2D eigenvalue weighted by atomic mass is 32.2. The van der Waals surface area contributed by atoms with Crippen molar-refractivity contribution in [3.05, 3.63) is 65.2 Å². The highest BCUT2D eigenvalue weighted by molar-refractivity contribution is 7.89. The number of morpholine rings is 1. The summed E-state index contributed by atoms with van der Waals surface area (Å²) in [5, 5.41) is 0. The van der Waals surface area contributed by atoms with Crippen LogP contribution in [0.3, 0.4) is 0 Å². The molecule has 1 atom stereocenters. The second kappa shape index (κ2) is 10.1. The Kier molecular flexibility index (Phi) is 7.20. The van der Waals surface area contributed by atoms with Crippen LogP contribution in [-0.4, -0.2) is 46.1 Å². The minimum atomic E-state index is -3.43.